The summed E-state index contributed by atoms with van der Waals surface area (Å²) in [6.07, 6.45) is -3.44. The molecule has 0 radical (unpaired) electrons. The number of rotatable bonds is 18. The van der Waals surface area contributed by atoms with E-state index in [-0.39, 0.29) is 29.6 Å². The Labute approximate surface area is 754 Å². The molecule has 18 heterocycles. The highest BCUT2D eigenvalue weighted by molar-refractivity contribution is 5.83. The summed E-state index contributed by atoms with van der Waals surface area (Å²) in [6.45, 7) is 22.6. The second kappa shape index (κ2) is 39.8. The fraction of sp³-hybridized carbons (Fsp3) is 0.559. The van der Waals surface area contributed by atoms with Crippen molar-refractivity contribution in [3.05, 3.63) is 168 Å². The minimum absolute atomic E-state index is 0.0765. The molecule has 0 amide bonds. The van der Waals surface area contributed by atoms with Crippen LogP contribution in [0.2, 0.25) is 0 Å². The first-order valence-electron chi connectivity index (χ1n) is 44.8. The van der Waals surface area contributed by atoms with Crippen molar-refractivity contribution in [3.8, 4) is 0 Å². The molecule has 710 valence electrons. The summed E-state index contributed by atoms with van der Waals surface area (Å²) in [5.74, 6) is 0.324. The number of aliphatic hydroxyl groups excluding tert-OH is 18. The van der Waals surface area contributed by atoms with Crippen molar-refractivity contribution in [2.45, 2.75) is 305 Å². The van der Waals surface area contributed by atoms with E-state index in [1.807, 2.05) is 143 Å². The summed E-state index contributed by atoms with van der Waals surface area (Å²) in [5, 5.41) is 189. The number of anilines is 1. The molecule has 20 N–H and O–H groups in total. The average Bonchev–Trinajstić information content (AvgIpc) is 1.64. The van der Waals surface area contributed by atoms with Crippen molar-refractivity contribution in [2.75, 3.05) is 5.73 Å². The molecule has 12 aromatic heterocycles. The number of pyridine rings is 5. The van der Waals surface area contributed by atoms with Gasteiger partial charge in [0.25, 0.3) is 0 Å². The van der Waals surface area contributed by atoms with Crippen molar-refractivity contribution in [1.29, 1.82) is 0 Å². The van der Waals surface area contributed by atoms with Crippen molar-refractivity contribution < 1.29 is 120 Å². The molecule has 0 bridgehead atoms. The molecule has 0 spiro atoms. The number of fused-ring (bicyclic) bond motifs is 6. The highest BCUT2D eigenvalue weighted by Gasteiger charge is 2.55. The fourth-order valence-corrected chi connectivity index (χ4v) is 18.4. The topological polar surface area (TPSA) is 565 Å². The molecule has 38 nitrogen and oxygen atoms in total. The van der Waals surface area contributed by atoms with E-state index in [0.717, 1.165) is 97.9 Å². The van der Waals surface area contributed by atoms with Crippen LogP contribution in [0.15, 0.2) is 135 Å². The standard InChI is InChI=1S/2C16H20N2O4.2C16H22N2O4.C15H22N4O4.C14H18N2O4/c2*1-8-4-6-17-15-10(8)5-7-18(15)16-13(21)12(20)14(22-16)11(19)9-2-3-9;2*1-8(2)11(19)14-12(20)13(21)16(22-14)18-7-5-10-9(3)4-6-17-15(10)18;1-3-4-9(20)12-10(21)11(22)14(23-12)19-6-5-8-7(2)17-15(16)18-13(8)19;1-7-3-5-15-13-9(7)4-6-16(13)14-11(19)10(18)12(20-14)8(2)17/h2*4-7,9,11-14,16,19-21H,2-3H2,1H3;2*4-8,11-14,16,19-21H,1-3H3;5-6,9-12,14,20-22H,3-4H2,1-2H3,(H2,16,17,18);3-6,8,10-12,14,17-19H,1-2H3/t11-,12+,13-,14-,16-;11-,12-,13+,14+,16+;11-,12+,13-,14-,16-;11-,12-,13+,14+,16+;9-,10+,11-,12-,14-;8-,10-,11+,12+,14+/m101010/s1. The summed E-state index contributed by atoms with van der Waals surface area (Å²) >= 11 is 0. The number of hydrogen-bond donors (Lipinski definition) is 19. The molecule has 20 rings (SSSR count). The number of aryl methyl sites for hydroxylation is 6. The van der Waals surface area contributed by atoms with Gasteiger partial charge in [-0.3, -0.25) is 0 Å². The predicted molar refractivity (Wildman–Crippen MR) is 476 cm³/mol. The van der Waals surface area contributed by atoms with Gasteiger partial charge in [0.1, 0.15) is 144 Å². The molecule has 12 aromatic rings. The zero-order valence-electron chi connectivity index (χ0n) is 75.0. The van der Waals surface area contributed by atoms with Crippen LogP contribution < -0.4 is 5.73 Å². The Morgan fingerprint density at radius 3 is 0.832 bits per heavy atom. The Bertz CT molecular complexity index is 5420. The van der Waals surface area contributed by atoms with Crippen LogP contribution >= 0.6 is 0 Å². The third-order valence-corrected chi connectivity index (χ3v) is 26.6. The van der Waals surface area contributed by atoms with Crippen molar-refractivity contribution in [3.63, 3.8) is 0 Å². The van der Waals surface area contributed by atoms with Crippen LogP contribution in [-0.2, 0) is 28.4 Å². The Balaban J connectivity index is 0.000000120. The molecule has 30 atom stereocenters. The Morgan fingerprint density at radius 1 is 0.321 bits per heavy atom. The molecule has 0 aromatic carbocycles. The zero-order chi connectivity index (χ0) is 94.1. The van der Waals surface area contributed by atoms with Gasteiger partial charge >= 0.3 is 0 Å². The number of aromatic nitrogens is 13. The van der Waals surface area contributed by atoms with E-state index in [9.17, 15) is 91.9 Å². The maximum Gasteiger partial charge on any atom is 0.222 e. The first-order chi connectivity index (χ1) is 62.4. The third kappa shape index (κ3) is 19.0. The van der Waals surface area contributed by atoms with Crippen LogP contribution in [0, 0.1) is 65.2 Å². The first kappa shape index (κ1) is 96.5. The van der Waals surface area contributed by atoms with Gasteiger partial charge in [-0.15, -0.1) is 0 Å². The van der Waals surface area contributed by atoms with Crippen molar-refractivity contribution in [2.24, 2.45) is 23.7 Å². The minimum Gasteiger partial charge on any atom is -0.391 e. The van der Waals surface area contributed by atoms with Crippen LogP contribution in [0.1, 0.15) is 151 Å². The van der Waals surface area contributed by atoms with Gasteiger partial charge in [-0.05, 0) is 199 Å². The lowest BCUT2D eigenvalue weighted by Gasteiger charge is -2.23. The molecule has 6 aliphatic heterocycles. The molecular formula is C93H124N14O24. The first-order valence-corrected chi connectivity index (χ1v) is 44.8. The number of nitrogens with two attached hydrogens (primary N) is 1. The van der Waals surface area contributed by atoms with Crippen LogP contribution in [0.3, 0.4) is 0 Å². The SMILES string of the molecule is CCC[C@@H](O)[C@H]1O[C@@H](n2ccc3c(C)nc(N)nc32)[C@H](O)[C@@H]1O.Cc1ccnc2c1ccn2[C@@H]1O[C@H]([C@@H](O)C(C)C)[C@@H](O)[C@H]1O.Cc1ccnc2c1ccn2[C@@H]1O[C@H]([C@@H](O)C2CC2)[C@@H](O)[C@H]1O.Cc1ccnc2c1ccn2[C@@H]1O[C@H]([C@H](C)O)[C@@H](O)[C@H]1O.Cc1ccnc2c1ccn2[C@@H]1O[C@H]([C@H](O)C(C)C)[C@@H](O)[C@H]1O.Cc1ccnc2c1ccn2[C@@H]1O[C@H]([C@H](O)C2CC2)[C@@H](O)[C@H]1O. The molecule has 8 aliphatic rings. The maximum absolute atomic E-state index is 10.3. The Morgan fingerprint density at radius 2 is 0.565 bits per heavy atom. The minimum atomic E-state index is -1.17. The number of ether oxygens (including phenoxy) is 6. The summed E-state index contributed by atoms with van der Waals surface area (Å²) in [4.78, 5) is 30.0. The number of hydrogen-bond acceptors (Lipinski definition) is 32. The van der Waals surface area contributed by atoms with Crippen LogP contribution in [0.25, 0.3) is 66.2 Å². The molecular weight excluding hydrogens is 1700 g/mol. The second-order valence-electron chi connectivity index (χ2n) is 36.6. The van der Waals surface area contributed by atoms with Crippen LogP contribution in [0.5, 0.6) is 0 Å². The van der Waals surface area contributed by atoms with Crippen LogP contribution in [0.4, 0.5) is 5.95 Å². The van der Waals surface area contributed by atoms with Gasteiger partial charge < -0.3 is 153 Å². The summed E-state index contributed by atoms with van der Waals surface area (Å²) in [6, 6.07) is 21.0. The largest absolute Gasteiger partial charge is 0.391 e. The normalized spacial score (nSPS) is 31.4. The van der Waals surface area contributed by atoms with E-state index in [0.29, 0.717) is 40.3 Å². The molecule has 2 saturated carbocycles. The molecule has 131 heavy (non-hydrogen) atoms. The zero-order valence-corrected chi connectivity index (χ0v) is 75.0. The molecule has 0 unspecified atom stereocenters. The van der Waals surface area contributed by atoms with E-state index in [4.69, 9.17) is 34.2 Å². The Hall–Kier alpha value is -9.09. The molecule has 38 heteroatoms. The van der Waals surface area contributed by atoms with Gasteiger partial charge in [-0.2, -0.15) is 4.98 Å². The monoisotopic (exact) mass is 1820 g/mol. The molecule has 6 saturated heterocycles. The van der Waals surface area contributed by atoms with Crippen molar-refractivity contribution >= 4 is 72.1 Å². The van der Waals surface area contributed by atoms with Gasteiger partial charge in [0.05, 0.1) is 42.3 Å². The highest BCUT2D eigenvalue weighted by Crippen LogP contribution is 2.46. The van der Waals surface area contributed by atoms with Gasteiger partial charge in [0.15, 0.2) is 37.4 Å². The number of nitrogen functional groups attached to an aromatic ring is 1. The van der Waals surface area contributed by atoms with Crippen molar-refractivity contribution in [1.82, 2.24) is 62.3 Å². The highest BCUT2D eigenvalue weighted by atomic mass is 16.6. The Kier molecular flexibility index (Phi) is 29.3. The maximum atomic E-state index is 10.3. The van der Waals surface area contributed by atoms with Gasteiger partial charge in [0, 0.05) is 100 Å². The quantitative estimate of drug-likeness (QED) is 0.0579. The average molecular weight is 1820 g/mol. The van der Waals surface area contributed by atoms with Gasteiger partial charge in [-0.25, -0.2) is 29.9 Å². The predicted octanol–water partition coefficient (Wildman–Crippen LogP) is 3.88. The third-order valence-electron chi connectivity index (χ3n) is 26.6. The van der Waals surface area contributed by atoms with E-state index < -0.39 is 184 Å². The van der Waals surface area contributed by atoms with E-state index >= 15 is 0 Å². The van der Waals surface area contributed by atoms with E-state index in [1.165, 1.54) is 6.92 Å². The van der Waals surface area contributed by atoms with E-state index in [2.05, 4.69) is 34.9 Å². The van der Waals surface area contributed by atoms with E-state index in [1.54, 1.807) is 95.6 Å². The van der Waals surface area contributed by atoms with Gasteiger partial charge in [0.2, 0.25) is 5.95 Å². The lowest BCUT2D eigenvalue weighted by atomic mass is 9.97. The lowest BCUT2D eigenvalue weighted by Crippen LogP contribution is -2.41. The fourth-order valence-electron chi connectivity index (χ4n) is 18.4. The van der Waals surface area contributed by atoms with Crippen LogP contribution in [-0.4, -0.2) is 301 Å². The second-order valence-corrected chi connectivity index (χ2v) is 36.6. The summed E-state index contributed by atoms with van der Waals surface area (Å²) < 4.78 is 44.7. The lowest BCUT2D eigenvalue weighted by molar-refractivity contribution is -0.0961. The number of nitrogens with zero attached hydrogens (tertiary/aromatic N) is 13. The molecule has 8 fully saturated rings. The smallest absolute Gasteiger partial charge is 0.222 e. The van der Waals surface area contributed by atoms with Gasteiger partial charge in [-0.1, -0.05) is 41.0 Å². The molecule has 2 aliphatic carbocycles. The number of aliphatic hydroxyl groups is 18. The summed E-state index contributed by atoms with van der Waals surface area (Å²) in [5.41, 5.74) is 15.8. The summed E-state index contributed by atoms with van der Waals surface area (Å²) in [7, 11) is 0.